The first-order valence-corrected chi connectivity index (χ1v) is 7.56. The summed E-state index contributed by atoms with van der Waals surface area (Å²) in [5.74, 6) is -1.35. The molecule has 0 aliphatic heterocycles. The van der Waals surface area contributed by atoms with Gasteiger partial charge in [0.1, 0.15) is 17.2 Å². The Kier molecular flexibility index (Phi) is 3.12. The largest absolute Gasteiger partial charge is 0.507 e. The average molecular weight is 332 g/mol. The third kappa shape index (κ3) is 2.10. The molecular weight excluding hydrogens is 320 g/mol. The van der Waals surface area contributed by atoms with Crippen molar-refractivity contribution in [3.8, 4) is 17.2 Å². The number of phenols is 3. The van der Waals surface area contributed by atoms with E-state index in [1.807, 2.05) is 0 Å². The quantitative estimate of drug-likeness (QED) is 0.635. The number of ketones is 2. The maximum Gasteiger partial charge on any atom is 0.194 e. The Labute approximate surface area is 142 Å². The zero-order chi connectivity index (χ0) is 17.7. The zero-order valence-corrected chi connectivity index (χ0v) is 12.9. The minimum atomic E-state index is -0.468. The number of rotatable bonds is 1. The molecule has 1 aliphatic rings. The fourth-order valence-corrected chi connectivity index (χ4v) is 3.21. The molecule has 5 heteroatoms. The van der Waals surface area contributed by atoms with Gasteiger partial charge in [0.15, 0.2) is 11.6 Å². The van der Waals surface area contributed by atoms with E-state index in [9.17, 15) is 24.9 Å². The van der Waals surface area contributed by atoms with Gasteiger partial charge in [-0.3, -0.25) is 9.59 Å². The standard InChI is InChI=1S/C20H12O5/c21-14-5-1-3-11-10(7-8-16(23)18(11)14)13-9-17(24)19-12(20(13)25)4-2-6-15(19)22/h1-9,21-23H. The lowest BCUT2D eigenvalue weighted by molar-refractivity contribution is 0.0999. The molecule has 25 heavy (non-hydrogen) atoms. The predicted molar refractivity (Wildman–Crippen MR) is 92.0 cm³/mol. The van der Waals surface area contributed by atoms with Gasteiger partial charge in [0, 0.05) is 11.1 Å². The summed E-state index contributed by atoms with van der Waals surface area (Å²) in [4.78, 5) is 25.3. The average Bonchev–Trinajstić information content (AvgIpc) is 2.58. The molecule has 122 valence electrons. The molecule has 1 aliphatic carbocycles. The summed E-state index contributed by atoms with van der Waals surface area (Å²) in [6.07, 6.45) is 1.18. The third-order valence-electron chi connectivity index (χ3n) is 4.34. The van der Waals surface area contributed by atoms with E-state index in [0.717, 1.165) is 0 Å². The summed E-state index contributed by atoms with van der Waals surface area (Å²) >= 11 is 0. The Morgan fingerprint density at radius 1 is 0.680 bits per heavy atom. The number of allylic oxidation sites excluding steroid dienone is 2. The van der Waals surface area contributed by atoms with Gasteiger partial charge in [-0.15, -0.1) is 0 Å². The lowest BCUT2D eigenvalue weighted by Crippen LogP contribution is -2.16. The number of carbonyl (C=O) groups excluding carboxylic acids is 2. The van der Waals surface area contributed by atoms with Crippen molar-refractivity contribution >= 4 is 27.9 Å². The molecule has 5 nitrogen and oxygen atoms in total. The molecule has 0 fully saturated rings. The normalized spacial score (nSPS) is 13.7. The van der Waals surface area contributed by atoms with Crippen molar-refractivity contribution in [2.45, 2.75) is 0 Å². The summed E-state index contributed by atoms with van der Waals surface area (Å²) in [5, 5.41) is 30.6. The second-order valence-corrected chi connectivity index (χ2v) is 5.78. The molecule has 0 saturated carbocycles. The van der Waals surface area contributed by atoms with Gasteiger partial charge < -0.3 is 15.3 Å². The van der Waals surface area contributed by atoms with Crippen LogP contribution < -0.4 is 0 Å². The van der Waals surface area contributed by atoms with Crippen LogP contribution in [0.2, 0.25) is 0 Å². The second-order valence-electron chi connectivity index (χ2n) is 5.78. The van der Waals surface area contributed by atoms with Crippen LogP contribution in [0.5, 0.6) is 17.2 Å². The lowest BCUT2D eigenvalue weighted by Gasteiger charge is -2.18. The topological polar surface area (TPSA) is 94.8 Å². The smallest absolute Gasteiger partial charge is 0.194 e. The molecule has 0 radical (unpaired) electrons. The molecule has 4 rings (SSSR count). The second kappa shape index (κ2) is 5.21. The summed E-state index contributed by atoms with van der Waals surface area (Å²) < 4.78 is 0. The van der Waals surface area contributed by atoms with Crippen molar-refractivity contribution in [3.63, 3.8) is 0 Å². The van der Waals surface area contributed by atoms with Gasteiger partial charge in [-0.05, 0) is 41.3 Å². The molecule has 0 atom stereocenters. The van der Waals surface area contributed by atoms with Crippen LogP contribution in [0.25, 0.3) is 16.3 Å². The Bertz CT molecular complexity index is 1100. The summed E-state index contributed by atoms with van der Waals surface area (Å²) in [5.41, 5.74) is 0.695. The molecule has 0 aromatic heterocycles. The molecule has 0 unspecified atom stereocenters. The van der Waals surface area contributed by atoms with Crippen LogP contribution in [-0.4, -0.2) is 26.9 Å². The fourth-order valence-electron chi connectivity index (χ4n) is 3.21. The Morgan fingerprint density at radius 2 is 1.36 bits per heavy atom. The Morgan fingerprint density at radius 3 is 2.16 bits per heavy atom. The molecule has 3 aromatic rings. The maximum absolute atomic E-state index is 12.9. The van der Waals surface area contributed by atoms with Gasteiger partial charge in [-0.25, -0.2) is 0 Å². The van der Waals surface area contributed by atoms with Crippen molar-refractivity contribution in [3.05, 3.63) is 71.3 Å². The monoisotopic (exact) mass is 332 g/mol. The molecule has 3 aromatic carbocycles. The van der Waals surface area contributed by atoms with Gasteiger partial charge in [-0.2, -0.15) is 0 Å². The number of phenolic OH excluding ortho intramolecular Hbond substituents is 3. The SMILES string of the molecule is O=C1C(c2ccc(O)c3c(O)cccc23)=CC(=O)c2c(O)cccc21. The summed E-state index contributed by atoms with van der Waals surface area (Å²) in [6, 6.07) is 11.9. The van der Waals surface area contributed by atoms with Gasteiger partial charge >= 0.3 is 0 Å². The number of hydrogen-bond acceptors (Lipinski definition) is 5. The lowest BCUT2D eigenvalue weighted by atomic mass is 9.84. The van der Waals surface area contributed by atoms with Crippen LogP contribution in [0.4, 0.5) is 0 Å². The maximum atomic E-state index is 12.9. The van der Waals surface area contributed by atoms with Gasteiger partial charge in [-0.1, -0.05) is 24.3 Å². The minimum Gasteiger partial charge on any atom is -0.507 e. The first-order chi connectivity index (χ1) is 12.0. The number of Topliss-reactive ketones (excluding diaryl/α,β-unsaturated/α-hetero) is 1. The van der Waals surface area contributed by atoms with Gasteiger partial charge in [0.25, 0.3) is 0 Å². The van der Waals surface area contributed by atoms with Crippen molar-refractivity contribution in [2.24, 2.45) is 0 Å². The number of benzene rings is 3. The van der Waals surface area contributed by atoms with Crippen LogP contribution >= 0.6 is 0 Å². The van der Waals surface area contributed by atoms with Crippen LogP contribution in [0.15, 0.2) is 54.6 Å². The van der Waals surface area contributed by atoms with E-state index in [0.29, 0.717) is 10.9 Å². The summed E-state index contributed by atoms with van der Waals surface area (Å²) in [7, 11) is 0. The minimum absolute atomic E-state index is 0.0119. The molecule has 0 bridgehead atoms. The van der Waals surface area contributed by atoms with E-state index in [-0.39, 0.29) is 39.3 Å². The zero-order valence-electron chi connectivity index (χ0n) is 12.9. The van der Waals surface area contributed by atoms with E-state index in [2.05, 4.69) is 0 Å². The van der Waals surface area contributed by atoms with Gasteiger partial charge in [0.2, 0.25) is 0 Å². The molecule has 3 N–H and O–H groups in total. The van der Waals surface area contributed by atoms with E-state index >= 15 is 0 Å². The van der Waals surface area contributed by atoms with Gasteiger partial charge in [0.05, 0.1) is 10.9 Å². The van der Waals surface area contributed by atoms with Crippen LogP contribution in [0, 0.1) is 0 Å². The number of fused-ring (bicyclic) bond motifs is 2. The first-order valence-electron chi connectivity index (χ1n) is 7.56. The van der Waals surface area contributed by atoms with E-state index in [1.165, 1.54) is 42.5 Å². The van der Waals surface area contributed by atoms with E-state index in [4.69, 9.17) is 0 Å². The van der Waals surface area contributed by atoms with Crippen molar-refractivity contribution in [2.75, 3.05) is 0 Å². The third-order valence-corrected chi connectivity index (χ3v) is 4.34. The number of aromatic hydroxyl groups is 3. The Balaban J connectivity index is 2.00. The molecule has 0 spiro atoms. The van der Waals surface area contributed by atoms with Crippen molar-refractivity contribution < 1.29 is 24.9 Å². The number of hydrogen-bond donors (Lipinski definition) is 3. The molecular formula is C20H12O5. The highest BCUT2D eigenvalue weighted by atomic mass is 16.3. The van der Waals surface area contributed by atoms with Crippen molar-refractivity contribution in [1.82, 2.24) is 0 Å². The highest BCUT2D eigenvalue weighted by molar-refractivity contribution is 6.40. The molecule has 0 saturated heterocycles. The molecule has 0 amide bonds. The fraction of sp³-hybridized carbons (Fsp3) is 0. The van der Waals surface area contributed by atoms with Crippen molar-refractivity contribution in [1.29, 1.82) is 0 Å². The highest BCUT2D eigenvalue weighted by Gasteiger charge is 2.29. The first kappa shape index (κ1) is 15.0. The predicted octanol–water partition coefficient (Wildman–Crippen LogP) is 3.42. The summed E-state index contributed by atoms with van der Waals surface area (Å²) in [6.45, 7) is 0. The molecule has 0 heterocycles. The van der Waals surface area contributed by atoms with E-state index < -0.39 is 11.6 Å². The van der Waals surface area contributed by atoms with Crippen LogP contribution in [0.1, 0.15) is 26.3 Å². The highest BCUT2D eigenvalue weighted by Crippen LogP contribution is 2.39. The van der Waals surface area contributed by atoms with Crippen LogP contribution in [-0.2, 0) is 0 Å². The Hall–Kier alpha value is -3.60. The van der Waals surface area contributed by atoms with Crippen LogP contribution in [0.3, 0.4) is 0 Å². The van der Waals surface area contributed by atoms with E-state index in [1.54, 1.807) is 12.1 Å². The number of carbonyl (C=O) groups is 2.